The van der Waals surface area contributed by atoms with Gasteiger partial charge in [0.15, 0.2) is 0 Å². The number of anilines is 1. The van der Waals surface area contributed by atoms with Gasteiger partial charge in [-0.05, 0) is 30.7 Å². The molecule has 0 aliphatic carbocycles. The zero-order valence-electron chi connectivity index (χ0n) is 9.86. The third-order valence-corrected chi connectivity index (χ3v) is 3.69. The predicted molar refractivity (Wildman–Crippen MR) is 71.1 cm³/mol. The topological polar surface area (TPSA) is 77.0 Å². The van der Waals surface area contributed by atoms with Gasteiger partial charge in [-0.25, -0.2) is 4.98 Å². The summed E-state index contributed by atoms with van der Waals surface area (Å²) in [4.78, 5) is 4.11. The van der Waals surface area contributed by atoms with Crippen LogP contribution in [0.3, 0.4) is 0 Å². The number of pyridine rings is 1. The van der Waals surface area contributed by atoms with Gasteiger partial charge in [0, 0.05) is 17.5 Å². The number of rotatable bonds is 6. The van der Waals surface area contributed by atoms with E-state index in [1.165, 1.54) is 6.42 Å². The highest BCUT2D eigenvalue weighted by molar-refractivity contribution is 7.99. The van der Waals surface area contributed by atoms with E-state index in [-0.39, 0.29) is 6.04 Å². The van der Waals surface area contributed by atoms with Crippen molar-refractivity contribution in [3.63, 3.8) is 0 Å². The Morgan fingerprint density at radius 1 is 1.56 bits per heavy atom. The van der Waals surface area contributed by atoms with Gasteiger partial charge in [-0.2, -0.15) is 11.8 Å². The largest absolute Gasteiger partial charge is 0.383 e. The van der Waals surface area contributed by atoms with E-state index in [4.69, 9.17) is 11.6 Å². The molecule has 90 valence electrons. The molecule has 1 heterocycles. The first-order valence-corrected chi connectivity index (χ1v) is 6.61. The SMILES string of the molecule is CCCSCC(NN)c1c(C)ccnc1N. The molecule has 1 aromatic heterocycles. The van der Waals surface area contributed by atoms with Crippen molar-refractivity contribution in [2.24, 2.45) is 5.84 Å². The molecule has 0 aliphatic heterocycles. The van der Waals surface area contributed by atoms with Gasteiger partial charge in [0.2, 0.25) is 0 Å². The number of nitrogens with zero attached hydrogens (tertiary/aromatic N) is 1. The monoisotopic (exact) mass is 240 g/mol. The normalized spacial score (nSPS) is 12.7. The molecule has 0 saturated heterocycles. The van der Waals surface area contributed by atoms with Crippen LogP contribution in [-0.4, -0.2) is 16.5 Å². The summed E-state index contributed by atoms with van der Waals surface area (Å²) in [5, 5.41) is 0. The standard InChI is InChI=1S/C11H20N4S/c1-3-6-16-7-9(15-13)10-8(2)4-5-14-11(10)12/h4-5,9,15H,3,6-7,13H2,1-2H3,(H2,12,14). The van der Waals surface area contributed by atoms with Gasteiger partial charge in [0.05, 0.1) is 6.04 Å². The van der Waals surface area contributed by atoms with E-state index in [2.05, 4.69) is 17.3 Å². The average Bonchev–Trinajstić information content (AvgIpc) is 2.26. The Labute approximate surface area is 101 Å². The second-order valence-electron chi connectivity index (χ2n) is 3.72. The highest BCUT2D eigenvalue weighted by Gasteiger charge is 2.15. The maximum Gasteiger partial charge on any atom is 0.128 e. The molecule has 0 saturated carbocycles. The quantitative estimate of drug-likeness (QED) is 0.400. The van der Waals surface area contributed by atoms with Crippen LogP contribution in [0.1, 0.15) is 30.5 Å². The number of aryl methyl sites for hydroxylation is 1. The molecule has 0 aromatic carbocycles. The summed E-state index contributed by atoms with van der Waals surface area (Å²) < 4.78 is 0. The van der Waals surface area contributed by atoms with Crippen molar-refractivity contribution in [2.45, 2.75) is 26.3 Å². The lowest BCUT2D eigenvalue weighted by molar-refractivity contribution is 0.607. The molecular weight excluding hydrogens is 220 g/mol. The summed E-state index contributed by atoms with van der Waals surface area (Å²) in [6.07, 6.45) is 2.89. The van der Waals surface area contributed by atoms with Crippen molar-refractivity contribution >= 4 is 17.6 Å². The molecule has 4 nitrogen and oxygen atoms in total. The summed E-state index contributed by atoms with van der Waals surface area (Å²) >= 11 is 1.87. The fourth-order valence-electron chi connectivity index (χ4n) is 1.60. The molecule has 0 aliphatic rings. The molecule has 0 bridgehead atoms. The summed E-state index contributed by atoms with van der Waals surface area (Å²) in [6, 6.07) is 2.03. The first-order chi connectivity index (χ1) is 7.70. The Bertz CT molecular complexity index is 310. The van der Waals surface area contributed by atoms with E-state index < -0.39 is 0 Å². The molecule has 1 atom stereocenters. The van der Waals surface area contributed by atoms with Gasteiger partial charge in [0.1, 0.15) is 5.82 Å². The summed E-state index contributed by atoms with van der Waals surface area (Å²) in [6.45, 7) is 4.20. The second kappa shape index (κ2) is 6.73. The molecule has 16 heavy (non-hydrogen) atoms. The molecule has 0 radical (unpaired) electrons. The van der Waals surface area contributed by atoms with Crippen molar-refractivity contribution in [1.82, 2.24) is 10.4 Å². The third-order valence-electron chi connectivity index (χ3n) is 2.42. The van der Waals surface area contributed by atoms with Crippen LogP contribution in [0.4, 0.5) is 5.82 Å². The van der Waals surface area contributed by atoms with Crippen LogP contribution in [0.5, 0.6) is 0 Å². The fourth-order valence-corrected chi connectivity index (χ4v) is 2.56. The molecule has 0 amide bonds. The van der Waals surface area contributed by atoms with Crippen molar-refractivity contribution < 1.29 is 0 Å². The van der Waals surface area contributed by atoms with E-state index in [0.29, 0.717) is 5.82 Å². The zero-order chi connectivity index (χ0) is 12.0. The molecule has 5 N–H and O–H groups in total. The van der Waals surface area contributed by atoms with E-state index in [1.54, 1.807) is 6.20 Å². The number of aromatic nitrogens is 1. The minimum Gasteiger partial charge on any atom is -0.383 e. The van der Waals surface area contributed by atoms with E-state index in [1.807, 2.05) is 24.8 Å². The molecule has 5 heteroatoms. The minimum absolute atomic E-state index is 0.0743. The van der Waals surface area contributed by atoms with Crippen LogP contribution in [0.25, 0.3) is 0 Å². The molecule has 1 unspecified atom stereocenters. The van der Waals surface area contributed by atoms with Gasteiger partial charge in [-0.3, -0.25) is 11.3 Å². The molecule has 0 fully saturated rings. The number of hydrazine groups is 1. The zero-order valence-corrected chi connectivity index (χ0v) is 10.7. The van der Waals surface area contributed by atoms with Crippen molar-refractivity contribution in [3.05, 3.63) is 23.4 Å². The van der Waals surface area contributed by atoms with Gasteiger partial charge in [-0.15, -0.1) is 0 Å². The smallest absolute Gasteiger partial charge is 0.128 e. The average molecular weight is 240 g/mol. The first kappa shape index (κ1) is 13.3. The van der Waals surface area contributed by atoms with Crippen molar-refractivity contribution in [1.29, 1.82) is 0 Å². The summed E-state index contributed by atoms with van der Waals surface area (Å²) in [5.41, 5.74) is 10.9. The Morgan fingerprint density at radius 3 is 2.88 bits per heavy atom. The second-order valence-corrected chi connectivity index (χ2v) is 4.87. The van der Waals surface area contributed by atoms with Crippen LogP contribution >= 0.6 is 11.8 Å². The number of hydrogen-bond acceptors (Lipinski definition) is 5. The number of nitrogens with two attached hydrogens (primary N) is 2. The van der Waals surface area contributed by atoms with Crippen molar-refractivity contribution in [3.8, 4) is 0 Å². The summed E-state index contributed by atoms with van der Waals surface area (Å²) in [5.74, 6) is 8.20. The maximum absolute atomic E-state index is 5.89. The molecule has 0 spiro atoms. The number of thioether (sulfide) groups is 1. The lowest BCUT2D eigenvalue weighted by Crippen LogP contribution is -2.31. The van der Waals surface area contributed by atoms with Crippen LogP contribution in [0, 0.1) is 6.92 Å². The van der Waals surface area contributed by atoms with E-state index in [0.717, 1.165) is 22.6 Å². The molecule has 1 aromatic rings. The Morgan fingerprint density at radius 2 is 2.31 bits per heavy atom. The predicted octanol–water partition coefficient (Wildman–Crippen LogP) is 1.62. The van der Waals surface area contributed by atoms with E-state index >= 15 is 0 Å². The Hall–Kier alpha value is -0.780. The van der Waals surface area contributed by atoms with Gasteiger partial charge < -0.3 is 5.73 Å². The third kappa shape index (κ3) is 3.37. The van der Waals surface area contributed by atoms with Crippen LogP contribution in [0.2, 0.25) is 0 Å². The van der Waals surface area contributed by atoms with Crippen molar-refractivity contribution in [2.75, 3.05) is 17.2 Å². The van der Waals surface area contributed by atoms with Gasteiger partial charge in [-0.1, -0.05) is 6.92 Å². The summed E-state index contributed by atoms with van der Waals surface area (Å²) in [7, 11) is 0. The highest BCUT2D eigenvalue weighted by atomic mass is 32.2. The fraction of sp³-hybridized carbons (Fsp3) is 0.545. The molecule has 1 rings (SSSR count). The number of hydrogen-bond donors (Lipinski definition) is 3. The number of nitrogens with one attached hydrogen (secondary N) is 1. The van der Waals surface area contributed by atoms with Gasteiger partial charge in [0.25, 0.3) is 0 Å². The Balaban J connectivity index is 2.78. The maximum atomic E-state index is 5.89. The number of nitrogen functional groups attached to an aromatic ring is 1. The first-order valence-electron chi connectivity index (χ1n) is 5.45. The Kier molecular flexibility index (Phi) is 5.59. The minimum atomic E-state index is 0.0743. The van der Waals surface area contributed by atoms with E-state index in [9.17, 15) is 0 Å². The van der Waals surface area contributed by atoms with Gasteiger partial charge >= 0.3 is 0 Å². The highest BCUT2D eigenvalue weighted by Crippen LogP contribution is 2.25. The lowest BCUT2D eigenvalue weighted by atomic mass is 10.0. The van der Waals surface area contributed by atoms with Crippen LogP contribution < -0.4 is 17.0 Å². The molecular formula is C11H20N4S. The van der Waals surface area contributed by atoms with Crippen LogP contribution in [-0.2, 0) is 0 Å². The van der Waals surface area contributed by atoms with Crippen LogP contribution in [0.15, 0.2) is 12.3 Å². The lowest BCUT2D eigenvalue weighted by Gasteiger charge is -2.19.